The van der Waals surface area contributed by atoms with Gasteiger partial charge in [-0.15, -0.1) is 0 Å². The standard InChI is InChI=1S/4C6H14N2O2/c4*7-4-2-1-3-5(8)6(9)10/h4*5H,1-4,7-8H2,(H,9,10)/t4*5-/m0000/s1. The molecule has 0 bridgehead atoms. The third-order valence-electron chi connectivity index (χ3n) is 5.15. The highest BCUT2D eigenvalue weighted by Crippen LogP contribution is 1.99. The van der Waals surface area contributed by atoms with Gasteiger partial charge in [0, 0.05) is 0 Å². The molecule has 16 heteroatoms. The van der Waals surface area contributed by atoms with Crippen LogP contribution in [0.3, 0.4) is 0 Å². The maximum absolute atomic E-state index is 10.1. The third kappa shape index (κ3) is 37.7. The van der Waals surface area contributed by atoms with E-state index in [1.807, 2.05) is 0 Å². The Hall–Kier alpha value is -2.44. The molecule has 0 radical (unpaired) electrons. The minimum Gasteiger partial charge on any atom is -0.480 e. The zero-order valence-electron chi connectivity index (χ0n) is 23.7. The Morgan fingerprint density at radius 2 is 0.525 bits per heavy atom. The van der Waals surface area contributed by atoms with Gasteiger partial charge in [0.1, 0.15) is 24.2 Å². The first-order chi connectivity index (χ1) is 18.7. The fourth-order valence-electron chi connectivity index (χ4n) is 2.53. The van der Waals surface area contributed by atoms with Crippen LogP contribution in [0.4, 0.5) is 0 Å². The number of carboxylic acids is 4. The van der Waals surface area contributed by atoms with Crippen LogP contribution < -0.4 is 45.9 Å². The summed E-state index contributed by atoms with van der Waals surface area (Å²) in [5.41, 5.74) is 41.7. The van der Waals surface area contributed by atoms with Crippen molar-refractivity contribution >= 4 is 23.9 Å². The molecule has 0 heterocycles. The van der Waals surface area contributed by atoms with Crippen molar-refractivity contribution in [3.63, 3.8) is 0 Å². The molecule has 0 aromatic carbocycles. The highest BCUT2D eigenvalue weighted by atomic mass is 16.4. The molecular formula is C24H56N8O8. The molecule has 4 atom stereocenters. The van der Waals surface area contributed by atoms with E-state index in [9.17, 15) is 19.2 Å². The summed E-state index contributed by atoms with van der Waals surface area (Å²) in [5, 5.41) is 33.3. The van der Waals surface area contributed by atoms with Gasteiger partial charge in [0.15, 0.2) is 0 Å². The Morgan fingerprint density at radius 1 is 0.375 bits per heavy atom. The predicted molar refractivity (Wildman–Crippen MR) is 154 cm³/mol. The monoisotopic (exact) mass is 584 g/mol. The summed E-state index contributed by atoms with van der Waals surface area (Å²) in [6.07, 6.45) is 8.66. The minimum atomic E-state index is -0.933. The first kappa shape index (κ1) is 44.6. The van der Waals surface area contributed by atoms with E-state index in [1.54, 1.807) is 0 Å². The van der Waals surface area contributed by atoms with E-state index >= 15 is 0 Å². The van der Waals surface area contributed by atoms with Gasteiger partial charge in [-0.3, -0.25) is 19.2 Å². The second kappa shape index (κ2) is 32.8. The van der Waals surface area contributed by atoms with Crippen molar-refractivity contribution in [2.24, 2.45) is 45.9 Å². The van der Waals surface area contributed by atoms with E-state index in [4.69, 9.17) is 66.3 Å². The molecule has 0 saturated heterocycles. The largest absolute Gasteiger partial charge is 0.480 e. The zero-order chi connectivity index (χ0) is 31.9. The summed E-state index contributed by atoms with van der Waals surface area (Å²) in [6.45, 7) is 2.41. The summed E-state index contributed by atoms with van der Waals surface area (Å²) >= 11 is 0. The zero-order valence-corrected chi connectivity index (χ0v) is 23.7. The van der Waals surface area contributed by atoms with Gasteiger partial charge >= 0.3 is 23.9 Å². The second-order valence-electron chi connectivity index (χ2n) is 8.92. The van der Waals surface area contributed by atoms with E-state index in [0.29, 0.717) is 51.9 Å². The molecule has 240 valence electrons. The highest BCUT2D eigenvalue weighted by Gasteiger charge is 2.11. The molecule has 0 aliphatic heterocycles. The maximum atomic E-state index is 10.1. The Balaban J connectivity index is -0.000000216. The van der Waals surface area contributed by atoms with E-state index in [0.717, 1.165) is 51.4 Å². The molecule has 16 nitrogen and oxygen atoms in total. The molecule has 0 saturated carbocycles. The van der Waals surface area contributed by atoms with Gasteiger partial charge in [-0.2, -0.15) is 0 Å². The first-order valence-electron chi connectivity index (χ1n) is 13.5. The number of aliphatic carboxylic acids is 4. The van der Waals surface area contributed by atoms with Crippen LogP contribution >= 0.6 is 0 Å². The highest BCUT2D eigenvalue weighted by molar-refractivity contribution is 5.73. The minimum absolute atomic E-state index is 0.520. The van der Waals surface area contributed by atoms with Crippen molar-refractivity contribution in [1.82, 2.24) is 0 Å². The van der Waals surface area contributed by atoms with Gasteiger partial charge in [-0.1, -0.05) is 25.7 Å². The fraction of sp³-hybridized carbons (Fsp3) is 0.833. The van der Waals surface area contributed by atoms with Crippen LogP contribution in [0, 0.1) is 0 Å². The predicted octanol–water partition coefficient (Wildman–Crippen LogP) is -1.89. The Morgan fingerprint density at radius 3 is 0.625 bits per heavy atom. The van der Waals surface area contributed by atoms with Crippen LogP contribution in [0.5, 0.6) is 0 Å². The molecule has 0 fully saturated rings. The van der Waals surface area contributed by atoms with E-state index in [2.05, 4.69) is 0 Å². The van der Waals surface area contributed by atoms with Crippen LogP contribution in [0.1, 0.15) is 77.0 Å². The lowest BCUT2D eigenvalue weighted by Crippen LogP contribution is -2.29. The Labute approximate surface area is 237 Å². The van der Waals surface area contributed by atoms with E-state index < -0.39 is 48.0 Å². The van der Waals surface area contributed by atoms with E-state index in [-0.39, 0.29) is 0 Å². The average molecular weight is 585 g/mol. The molecule has 0 unspecified atom stereocenters. The molecule has 0 aromatic rings. The van der Waals surface area contributed by atoms with E-state index in [1.165, 1.54) is 0 Å². The van der Waals surface area contributed by atoms with Gasteiger partial charge < -0.3 is 66.3 Å². The maximum Gasteiger partial charge on any atom is 0.320 e. The normalized spacial score (nSPS) is 13.0. The fourth-order valence-corrected chi connectivity index (χ4v) is 2.53. The molecule has 0 spiro atoms. The summed E-state index contributed by atoms with van der Waals surface area (Å²) in [6, 6.07) is -2.86. The molecule has 40 heavy (non-hydrogen) atoms. The van der Waals surface area contributed by atoms with Crippen LogP contribution in [-0.2, 0) is 19.2 Å². The van der Waals surface area contributed by atoms with Crippen molar-refractivity contribution in [3.05, 3.63) is 0 Å². The van der Waals surface area contributed by atoms with Crippen LogP contribution in [0.15, 0.2) is 0 Å². The Bertz CT molecular complexity index is 528. The lowest BCUT2D eigenvalue weighted by atomic mass is 10.1. The molecular weight excluding hydrogens is 528 g/mol. The number of rotatable bonds is 20. The molecule has 0 rings (SSSR count). The number of unbranched alkanes of at least 4 members (excludes halogenated alkanes) is 4. The lowest BCUT2D eigenvalue weighted by Gasteiger charge is -2.03. The van der Waals surface area contributed by atoms with Crippen LogP contribution in [0.2, 0.25) is 0 Å². The first-order valence-corrected chi connectivity index (χ1v) is 13.5. The van der Waals surface area contributed by atoms with Crippen LogP contribution in [-0.4, -0.2) is 94.6 Å². The van der Waals surface area contributed by atoms with Gasteiger partial charge in [-0.25, -0.2) is 0 Å². The van der Waals surface area contributed by atoms with Crippen LogP contribution in [0.25, 0.3) is 0 Å². The van der Waals surface area contributed by atoms with Gasteiger partial charge in [0.25, 0.3) is 0 Å². The van der Waals surface area contributed by atoms with Crippen molar-refractivity contribution < 1.29 is 39.6 Å². The molecule has 20 N–H and O–H groups in total. The van der Waals surface area contributed by atoms with Crippen molar-refractivity contribution in [1.29, 1.82) is 0 Å². The smallest absolute Gasteiger partial charge is 0.320 e. The molecule has 0 aliphatic rings. The lowest BCUT2D eigenvalue weighted by molar-refractivity contribution is -0.139. The summed E-state index contributed by atoms with van der Waals surface area (Å²) in [4.78, 5) is 40.5. The van der Waals surface area contributed by atoms with Gasteiger partial charge in [-0.05, 0) is 77.5 Å². The molecule has 0 amide bonds. The molecule has 0 aliphatic carbocycles. The summed E-state index contributed by atoms with van der Waals surface area (Å²) < 4.78 is 0. The topological polar surface area (TPSA) is 357 Å². The molecule has 0 aromatic heterocycles. The van der Waals surface area contributed by atoms with Crippen molar-refractivity contribution in [3.8, 4) is 0 Å². The summed E-state index contributed by atoms with van der Waals surface area (Å²) in [5.74, 6) is -3.73. The quantitative estimate of drug-likeness (QED) is 0.0695. The Kier molecular flexibility index (Phi) is 36.5. The van der Waals surface area contributed by atoms with Crippen molar-refractivity contribution in [2.75, 3.05) is 26.2 Å². The SMILES string of the molecule is NCCCC[C@H](N)C(=O)O.NCCCC[C@H](N)C(=O)O.NCCCC[C@H](N)C(=O)O.NCCCC[C@H](N)C(=O)O. The average Bonchev–Trinajstić information content (AvgIpc) is 2.89. The van der Waals surface area contributed by atoms with Crippen molar-refractivity contribution in [2.45, 2.75) is 101 Å². The van der Waals surface area contributed by atoms with Gasteiger partial charge in [0.2, 0.25) is 0 Å². The number of hydrogen-bond donors (Lipinski definition) is 12. The third-order valence-corrected chi connectivity index (χ3v) is 5.15. The summed E-state index contributed by atoms with van der Waals surface area (Å²) in [7, 11) is 0. The number of hydrogen-bond acceptors (Lipinski definition) is 12. The number of carboxylic acid groups (broad SMARTS) is 4. The number of carbonyl (C=O) groups is 4. The second-order valence-corrected chi connectivity index (χ2v) is 8.92. The van der Waals surface area contributed by atoms with Gasteiger partial charge in [0.05, 0.1) is 0 Å². The number of nitrogens with two attached hydrogens (primary N) is 8.